The predicted octanol–water partition coefficient (Wildman–Crippen LogP) is -0.298. The van der Waals surface area contributed by atoms with E-state index in [0.717, 1.165) is 0 Å². The molecule has 0 aliphatic carbocycles. The largest absolute Gasteiger partial charge is 0.382 e. The Kier molecular flexibility index (Phi) is 4.59. The fourth-order valence-corrected chi connectivity index (χ4v) is 1.21. The van der Waals surface area contributed by atoms with Gasteiger partial charge in [-0.1, -0.05) is 0 Å². The van der Waals surface area contributed by atoms with E-state index in [9.17, 15) is 9.59 Å². The Balaban J connectivity index is 2.59. The quantitative estimate of drug-likeness (QED) is 0.680. The van der Waals surface area contributed by atoms with Crippen molar-refractivity contribution in [2.45, 2.75) is 32.9 Å². The number of carbonyl (C=O) groups is 2. The molecule has 1 rings (SSSR count). The molecule has 18 heavy (non-hydrogen) atoms. The van der Waals surface area contributed by atoms with Crippen molar-refractivity contribution in [3.05, 3.63) is 17.8 Å². The van der Waals surface area contributed by atoms with Crippen molar-refractivity contribution in [2.75, 3.05) is 5.73 Å². The summed E-state index contributed by atoms with van der Waals surface area (Å²) in [5, 5.41) is 12.4. The summed E-state index contributed by atoms with van der Waals surface area (Å²) in [6.07, 6.45) is 0. The molecule has 0 aliphatic rings. The smallest absolute Gasteiger partial charge is 0.272 e. The zero-order valence-electron chi connectivity index (χ0n) is 10.6. The Bertz CT molecular complexity index is 430. The Labute approximate surface area is 105 Å². The second-order valence-corrected chi connectivity index (χ2v) is 4.20. The number of hydrogen-bond donors (Lipinski definition) is 3. The first-order valence-corrected chi connectivity index (χ1v) is 5.60. The van der Waals surface area contributed by atoms with Gasteiger partial charge in [-0.15, -0.1) is 10.2 Å². The van der Waals surface area contributed by atoms with Gasteiger partial charge in [-0.3, -0.25) is 9.59 Å². The molecule has 0 fully saturated rings. The molecule has 1 aromatic rings. The predicted molar refractivity (Wildman–Crippen MR) is 66.7 cm³/mol. The highest BCUT2D eigenvalue weighted by Crippen LogP contribution is 1.98. The summed E-state index contributed by atoms with van der Waals surface area (Å²) < 4.78 is 0. The second-order valence-electron chi connectivity index (χ2n) is 4.20. The van der Waals surface area contributed by atoms with E-state index >= 15 is 0 Å². The molecule has 0 saturated carbocycles. The average Bonchev–Trinajstić information content (AvgIpc) is 2.28. The molecule has 0 spiro atoms. The number of rotatable bonds is 4. The number of nitrogens with zero attached hydrogens (tertiary/aromatic N) is 2. The molecule has 0 aromatic carbocycles. The summed E-state index contributed by atoms with van der Waals surface area (Å²) in [6, 6.07) is 2.30. The molecule has 7 nitrogen and oxygen atoms in total. The molecular formula is C11H17N5O2. The normalized spacial score (nSPS) is 12.0. The van der Waals surface area contributed by atoms with E-state index in [1.54, 1.807) is 6.92 Å². The molecule has 2 amide bonds. The summed E-state index contributed by atoms with van der Waals surface area (Å²) in [5.74, 6) is -0.479. The number of nitrogen functional groups attached to an aromatic ring is 1. The first-order valence-electron chi connectivity index (χ1n) is 5.60. The van der Waals surface area contributed by atoms with Crippen LogP contribution in [0.2, 0.25) is 0 Å². The zero-order chi connectivity index (χ0) is 13.7. The SMILES string of the molecule is CC(C)NC(=O)C(C)NC(=O)c1ccc(N)nn1. The van der Waals surface area contributed by atoms with Crippen LogP contribution in [0, 0.1) is 0 Å². The molecular weight excluding hydrogens is 234 g/mol. The molecule has 98 valence electrons. The third-order valence-corrected chi connectivity index (χ3v) is 2.09. The molecule has 0 aliphatic heterocycles. The zero-order valence-corrected chi connectivity index (χ0v) is 10.6. The van der Waals surface area contributed by atoms with Crippen molar-refractivity contribution in [1.29, 1.82) is 0 Å². The Morgan fingerprint density at radius 1 is 1.17 bits per heavy atom. The first kappa shape index (κ1) is 13.9. The molecule has 1 atom stereocenters. The minimum absolute atomic E-state index is 0.0215. The van der Waals surface area contributed by atoms with E-state index in [4.69, 9.17) is 5.73 Å². The fourth-order valence-electron chi connectivity index (χ4n) is 1.21. The van der Waals surface area contributed by atoms with Gasteiger partial charge in [0.05, 0.1) is 0 Å². The van der Waals surface area contributed by atoms with Crippen LogP contribution >= 0.6 is 0 Å². The lowest BCUT2D eigenvalue weighted by molar-refractivity contribution is -0.123. The molecule has 1 aromatic heterocycles. The third kappa shape index (κ3) is 4.00. The Hall–Kier alpha value is -2.18. The van der Waals surface area contributed by atoms with E-state index in [1.165, 1.54) is 12.1 Å². The number of hydrogen-bond acceptors (Lipinski definition) is 5. The molecule has 0 bridgehead atoms. The second kappa shape index (κ2) is 5.95. The summed E-state index contributed by atoms with van der Waals surface area (Å²) in [4.78, 5) is 23.3. The fraction of sp³-hybridized carbons (Fsp3) is 0.455. The van der Waals surface area contributed by atoms with Gasteiger partial charge < -0.3 is 16.4 Å². The summed E-state index contributed by atoms with van der Waals surface area (Å²) in [5.41, 5.74) is 5.48. The third-order valence-electron chi connectivity index (χ3n) is 2.09. The van der Waals surface area contributed by atoms with Crippen LogP contribution in [0.3, 0.4) is 0 Å². The maximum atomic E-state index is 11.7. The van der Waals surface area contributed by atoms with Gasteiger partial charge in [0.1, 0.15) is 11.9 Å². The highest BCUT2D eigenvalue weighted by atomic mass is 16.2. The molecule has 1 heterocycles. The van der Waals surface area contributed by atoms with Crippen LogP contribution in [-0.2, 0) is 4.79 Å². The molecule has 7 heteroatoms. The van der Waals surface area contributed by atoms with Crippen molar-refractivity contribution in [1.82, 2.24) is 20.8 Å². The molecule has 1 unspecified atom stereocenters. The minimum Gasteiger partial charge on any atom is -0.382 e. The lowest BCUT2D eigenvalue weighted by Gasteiger charge is -2.15. The highest BCUT2D eigenvalue weighted by molar-refractivity contribution is 5.95. The van der Waals surface area contributed by atoms with Crippen LogP contribution < -0.4 is 16.4 Å². The van der Waals surface area contributed by atoms with Crippen LogP contribution in [0.15, 0.2) is 12.1 Å². The summed E-state index contributed by atoms with van der Waals surface area (Å²) in [6.45, 7) is 5.29. The van der Waals surface area contributed by atoms with E-state index in [1.807, 2.05) is 13.8 Å². The van der Waals surface area contributed by atoms with Crippen molar-refractivity contribution < 1.29 is 9.59 Å². The average molecular weight is 251 g/mol. The van der Waals surface area contributed by atoms with Crippen molar-refractivity contribution in [3.63, 3.8) is 0 Å². The maximum Gasteiger partial charge on any atom is 0.272 e. The lowest BCUT2D eigenvalue weighted by Crippen LogP contribution is -2.46. The van der Waals surface area contributed by atoms with Gasteiger partial charge in [0.2, 0.25) is 5.91 Å². The van der Waals surface area contributed by atoms with Gasteiger partial charge in [0.15, 0.2) is 5.69 Å². The standard InChI is InChI=1S/C11H17N5O2/c1-6(2)13-10(17)7(3)14-11(18)8-4-5-9(12)16-15-8/h4-7H,1-3H3,(H2,12,16)(H,13,17)(H,14,18). The molecule has 0 saturated heterocycles. The van der Waals surface area contributed by atoms with Crippen LogP contribution in [0.5, 0.6) is 0 Å². The number of aromatic nitrogens is 2. The molecule has 0 radical (unpaired) electrons. The van der Waals surface area contributed by atoms with Crippen molar-refractivity contribution in [3.8, 4) is 0 Å². The van der Waals surface area contributed by atoms with Gasteiger partial charge in [0, 0.05) is 6.04 Å². The maximum absolute atomic E-state index is 11.7. The van der Waals surface area contributed by atoms with E-state index < -0.39 is 11.9 Å². The van der Waals surface area contributed by atoms with Crippen LogP contribution in [0.1, 0.15) is 31.3 Å². The van der Waals surface area contributed by atoms with Crippen LogP contribution in [0.4, 0.5) is 5.82 Å². The van der Waals surface area contributed by atoms with Gasteiger partial charge in [0.25, 0.3) is 5.91 Å². The number of nitrogens with two attached hydrogens (primary N) is 1. The Morgan fingerprint density at radius 2 is 1.83 bits per heavy atom. The Morgan fingerprint density at radius 3 is 2.33 bits per heavy atom. The number of carbonyl (C=O) groups excluding carboxylic acids is 2. The summed E-state index contributed by atoms with van der Waals surface area (Å²) in [7, 11) is 0. The van der Waals surface area contributed by atoms with Gasteiger partial charge >= 0.3 is 0 Å². The summed E-state index contributed by atoms with van der Waals surface area (Å²) >= 11 is 0. The van der Waals surface area contributed by atoms with Crippen LogP contribution in [-0.4, -0.2) is 34.1 Å². The lowest BCUT2D eigenvalue weighted by atomic mass is 10.2. The molecule has 4 N–H and O–H groups in total. The minimum atomic E-state index is -0.640. The number of amides is 2. The highest BCUT2D eigenvalue weighted by Gasteiger charge is 2.17. The van der Waals surface area contributed by atoms with Gasteiger partial charge in [-0.05, 0) is 32.9 Å². The first-order chi connectivity index (χ1) is 8.40. The van der Waals surface area contributed by atoms with E-state index in [-0.39, 0.29) is 23.5 Å². The van der Waals surface area contributed by atoms with E-state index in [2.05, 4.69) is 20.8 Å². The number of anilines is 1. The van der Waals surface area contributed by atoms with Crippen LogP contribution in [0.25, 0.3) is 0 Å². The monoisotopic (exact) mass is 251 g/mol. The number of nitrogens with one attached hydrogen (secondary N) is 2. The van der Waals surface area contributed by atoms with Gasteiger partial charge in [-0.2, -0.15) is 0 Å². The topological polar surface area (TPSA) is 110 Å². The van der Waals surface area contributed by atoms with Crippen molar-refractivity contribution in [2.24, 2.45) is 0 Å². The van der Waals surface area contributed by atoms with E-state index in [0.29, 0.717) is 0 Å². The van der Waals surface area contributed by atoms with Gasteiger partial charge in [-0.25, -0.2) is 0 Å². The van der Waals surface area contributed by atoms with Crippen molar-refractivity contribution >= 4 is 17.6 Å².